The van der Waals surface area contributed by atoms with Crippen LogP contribution in [0.5, 0.6) is 5.75 Å². The molecule has 6 heteroatoms. The first-order valence-electron chi connectivity index (χ1n) is 9.15. The summed E-state index contributed by atoms with van der Waals surface area (Å²) in [5, 5.41) is 8.61. The van der Waals surface area contributed by atoms with Crippen molar-refractivity contribution in [3.05, 3.63) is 78.6 Å². The summed E-state index contributed by atoms with van der Waals surface area (Å²) in [6.45, 7) is 6.78. The molecule has 0 unspecified atom stereocenters. The molecule has 0 N–H and O–H groups in total. The summed E-state index contributed by atoms with van der Waals surface area (Å²) < 4.78 is 13.3. The Bertz CT molecular complexity index is 1030. The highest BCUT2D eigenvalue weighted by molar-refractivity contribution is 5.70. The van der Waals surface area contributed by atoms with Crippen molar-refractivity contribution in [2.45, 2.75) is 32.8 Å². The van der Waals surface area contributed by atoms with Gasteiger partial charge in [0.05, 0.1) is 0 Å². The van der Waals surface area contributed by atoms with E-state index in [0.717, 1.165) is 34.0 Å². The van der Waals surface area contributed by atoms with Gasteiger partial charge in [0.15, 0.2) is 5.76 Å². The van der Waals surface area contributed by atoms with Gasteiger partial charge in [0.25, 0.3) is 0 Å². The molecule has 4 aromatic rings. The number of benzene rings is 2. The molecule has 0 aliphatic heterocycles. The van der Waals surface area contributed by atoms with E-state index in [1.54, 1.807) is 11.0 Å². The monoisotopic (exact) mass is 374 g/mol. The van der Waals surface area contributed by atoms with Gasteiger partial charge in [0, 0.05) is 11.0 Å². The highest BCUT2D eigenvalue weighted by Gasteiger charge is 2.29. The van der Waals surface area contributed by atoms with Gasteiger partial charge >= 0.3 is 0 Å². The molecule has 28 heavy (non-hydrogen) atoms. The predicted molar refractivity (Wildman–Crippen MR) is 106 cm³/mol. The van der Waals surface area contributed by atoms with E-state index in [2.05, 4.69) is 36.0 Å². The molecular formula is C22H22N4O2. The van der Waals surface area contributed by atoms with E-state index in [9.17, 15) is 0 Å². The van der Waals surface area contributed by atoms with Crippen molar-refractivity contribution in [3.63, 3.8) is 0 Å². The molecule has 0 atom stereocenters. The Morgan fingerprint density at radius 3 is 2.39 bits per heavy atom. The molecule has 6 nitrogen and oxygen atoms in total. The molecule has 0 amide bonds. The van der Waals surface area contributed by atoms with Crippen molar-refractivity contribution in [1.82, 2.24) is 19.9 Å². The fourth-order valence-corrected chi connectivity index (χ4v) is 2.95. The van der Waals surface area contributed by atoms with E-state index in [4.69, 9.17) is 9.26 Å². The van der Waals surface area contributed by atoms with Gasteiger partial charge in [-0.05, 0) is 29.8 Å². The number of ether oxygens (including phenoxy) is 1. The van der Waals surface area contributed by atoms with Gasteiger partial charge < -0.3 is 9.26 Å². The van der Waals surface area contributed by atoms with Crippen LogP contribution in [0.2, 0.25) is 0 Å². The maximum Gasteiger partial charge on any atom is 0.168 e. The van der Waals surface area contributed by atoms with Crippen LogP contribution in [0.25, 0.3) is 16.9 Å². The third-order valence-electron chi connectivity index (χ3n) is 4.37. The Balaban J connectivity index is 1.62. The highest BCUT2D eigenvalue weighted by atomic mass is 16.5. The SMILES string of the molecule is CC(C)(C)c1onc(-c2ccc(OCc3ccccc3)cc2)c1-n1cncn1. The standard InChI is InChI=1S/C22H22N4O2/c1-22(2,3)21-20(26-15-23-14-24-26)19(25-28-21)17-9-11-18(12-10-17)27-13-16-7-5-4-6-8-16/h4-12,14-15H,13H2,1-3H3. The van der Waals surface area contributed by atoms with Gasteiger partial charge in [-0.25, -0.2) is 9.67 Å². The average Bonchev–Trinajstić information content (AvgIpc) is 3.36. The van der Waals surface area contributed by atoms with Gasteiger partial charge in [-0.1, -0.05) is 56.3 Å². The highest BCUT2D eigenvalue weighted by Crippen LogP contribution is 2.35. The third-order valence-corrected chi connectivity index (χ3v) is 4.37. The lowest BCUT2D eigenvalue weighted by molar-refractivity contribution is 0.306. The first-order chi connectivity index (χ1) is 13.5. The minimum atomic E-state index is -0.217. The first kappa shape index (κ1) is 18.0. The van der Waals surface area contributed by atoms with Crippen molar-refractivity contribution in [2.24, 2.45) is 0 Å². The maximum absolute atomic E-state index is 5.87. The van der Waals surface area contributed by atoms with Crippen molar-refractivity contribution in [2.75, 3.05) is 0 Å². The van der Waals surface area contributed by atoms with Crippen molar-refractivity contribution in [1.29, 1.82) is 0 Å². The van der Waals surface area contributed by atoms with Gasteiger partial charge in [-0.15, -0.1) is 0 Å². The zero-order chi connectivity index (χ0) is 19.6. The van der Waals surface area contributed by atoms with Crippen molar-refractivity contribution >= 4 is 0 Å². The second-order valence-electron chi connectivity index (χ2n) is 7.60. The van der Waals surface area contributed by atoms with Crippen LogP contribution in [0.15, 0.2) is 71.8 Å². The normalized spacial score (nSPS) is 11.5. The van der Waals surface area contributed by atoms with E-state index in [0.29, 0.717) is 6.61 Å². The van der Waals surface area contributed by atoms with Gasteiger partial charge in [-0.3, -0.25) is 0 Å². The topological polar surface area (TPSA) is 66.0 Å². The van der Waals surface area contributed by atoms with Crippen LogP contribution in [0.1, 0.15) is 32.1 Å². The summed E-state index contributed by atoms with van der Waals surface area (Å²) in [6.07, 6.45) is 3.16. The minimum Gasteiger partial charge on any atom is -0.489 e. The molecule has 0 aliphatic carbocycles. The molecule has 0 fully saturated rings. The first-order valence-corrected chi connectivity index (χ1v) is 9.15. The second kappa shape index (κ2) is 7.31. The molecule has 0 saturated carbocycles. The number of hydrogen-bond acceptors (Lipinski definition) is 5. The molecule has 2 aromatic carbocycles. The summed E-state index contributed by atoms with van der Waals surface area (Å²) >= 11 is 0. The molecule has 2 heterocycles. The van der Waals surface area contributed by atoms with Crippen LogP contribution in [-0.2, 0) is 12.0 Å². The van der Waals surface area contributed by atoms with Crippen LogP contribution in [0.3, 0.4) is 0 Å². The van der Waals surface area contributed by atoms with E-state index in [1.807, 2.05) is 54.6 Å². The number of nitrogens with zero attached hydrogens (tertiary/aromatic N) is 4. The fraction of sp³-hybridized carbons (Fsp3) is 0.227. The van der Waals surface area contributed by atoms with E-state index in [-0.39, 0.29) is 5.41 Å². The molecule has 0 saturated heterocycles. The Labute approximate surface area is 163 Å². The Kier molecular flexibility index (Phi) is 4.69. The van der Waals surface area contributed by atoms with Crippen LogP contribution in [-0.4, -0.2) is 19.9 Å². The number of aromatic nitrogens is 4. The Morgan fingerprint density at radius 1 is 1.00 bits per heavy atom. The maximum atomic E-state index is 5.87. The zero-order valence-corrected chi connectivity index (χ0v) is 16.2. The minimum absolute atomic E-state index is 0.217. The molecular weight excluding hydrogens is 352 g/mol. The average molecular weight is 374 g/mol. The van der Waals surface area contributed by atoms with E-state index < -0.39 is 0 Å². The fourth-order valence-electron chi connectivity index (χ4n) is 2.95. The zero-order valence-electron chi connectivity index (χ0n) is 16.2. The molecule has 0 bridgehead atoms. The lowest BCUT2D eigenvalue weighted by Gasteiger charge is -2.16. The van der Waals surface area contributed by atoms with Crippen LogP contribution in [0.4, 0.5) is 0 Å². The predicted octanol–water partition coefficient (Wildman–Crippen LogP) is 4.80. The number of rotatable bonds is 5. The van der Waals surface area contributed by atoms with E-state index in [1.165, 1.54) is 6.33 Å². The smallest absolute Gasteiger partial charge is 0.168 e. The van der Waals surface area contributed by atoms with Crippen LogP contribution >= 0.6 is 0 Å². The van der Waals surface area contributed by atoms with Crippen molar-refractivity contribution < 1.29 is 9.26 Å². The lowest BCUT2D eigenvalue weighted by atomic mass is 9.91. The van der Waals surface area contributed by atoms with Crippen LogP contribution in [0, 0.1) is 0 Å². The molecule has 4 rings (SSSR count). The molecule has 2 aromatic heterocycles. The summed E-state index contributed by atoms with van der Waals surface area (Å²) in [5.41, 5.74) is 3.38. The van der Waals surface area contributed by atoms with Crippen LogP contribution < -0.4 is 4.74 Å². The van der Waals surface area contributed by atoms with Gasteiger partial charge in [0.2, 0.25) is 0 Å². The largest absolute Gasteiger partial charge is 0.489 e. The summed E-state index contributed by atoms with van der Waals surface area (Å²) in [4.78, 5) is 4.07. The molecule has 0 spiro atoms. The summed E-state index contributed by atoms with van der Waals surface area (Å²) in [7, 11) is 0. The lowest BCUT2D eigenvalue weighted by Crippen LogP contribution is -2.14. The Hall–Kier alpha value is -3.41. The summed E-state index contributed by atoms with van der Waals surface area (Å²) in [5.74, 6) is 1.56. The quantitative estimate of drug-likeness (QED) is 0.502. The Morgan fingerprint density at radius 2 is 1.75 bits per heavy atom. The van der Waals surface area contributed by atoms with Gasteiger partial charge in [-0.2, -0.15) is 5.10 Å². The second-order valence-corrected chi connectivity index (χ2v) is 7.60. The molecule has 0 radical (unpaired) electrons. The third kappa shape index (κ3) is 3.67. The van der Waals surface area contributed by atoms with E-state index >= 15 is 0 Å². The van der Waals surface area contributed by atoms with Crippen molar-refractivity contribution in [3.8, 4) is 22.7 Å². The summed E-state index contributed by atoms with van der Waals surface area (Å²) in [6, 6.07) is 17.9. The number of hydrogen-bond donors (Lipinski definition) is 0. The van der Waals surface area contributed by atoms with Gasteiger partial charge in [0.1, 0.15) is 36.4 Å². The molecule has 142 valence electrons. The molecule has 0 aliphatic rings.